The van der Waals surface area contributed by atoms with E-state index in [9.17, 15) is 4.79 Å². The Hall–Kier alpha value is -0.870. The molecule has 2 fully saturated rings. The number of hydrogen-bond donors (Lipinski definition) is 0. The van der Waals surface area contributed by atoms with Crippen molar-refractivity contribution in [3.8, 4) is 0 Å². The summed E-state index contributed by atoms with van der Waals surface area (Å²) in [6.45, 7) is 3.98. The van der Waals surface area contributed by atoms with Crippen molar-refractivity contribution < 1.29 is 9.53 Å². The summed E-state index contributed by atoms with van der Waals surface area (Å²) in [5.74, 6) is 1.40. The Labute approximate surface area is 92.6 Å². The molecule has 3 nitrogen and oxygen atoms in total. The predicted molar refractivity (Wildman–Crippen MR) is 59.7 cm³/mol. The van der Waals surface area contributed by atoms with E-state index in [1.807, 2.05) is 6.07 Å². The van der Waals surface area contributed by atoms with E-state index in [2.05, 4.69) is 10.3 Å². The summed E-state index contributed by atoms with van der Waals surface area (Å²) in [6.07, 6.45) is 0.925. The normalized spacial score (nSPS) is 29.5. The van der Waals surface area contributed by atoms with E-state index in [1.54, 1.807) is 0 Å². The molecule has 0 bridgehead atoms. The molecule has 2 atom stereocenters. The first-order valence-electron chi connectivity index (χ1n) is 5.23. The molecule has 0 aromatic carbocycles. The third kappa shape index (κ3) is 1.58. The minimum Gasteiger partial charge on any atom is -0.381 e. The van der Waals surface area contributed by atoms with Crippen LogP contribution in [0.4, 0.5) is 5.69 Å². The zero-order chi connectivity index (χ0) is 10.3. The van der Waals surface area contributed by atoms with Crippen LogP contribution in [-0.2, 0) is 4.74 Å². The molecule has 0 saturated carbocycles. The molecule has 0 unspecified atom stereocenters. The molecule has 2 aliphatic heterocycles. The standard InChI is InChI=1S/C11H13NO2S/c13-4-11-1-10(7-15-11)12-2-8-5-14-6-9(8)3-12/h1,4,7-9H,2-3,5-6H2/t8-,9+. The molecule has 2 aliphatic rings. The lowest BCUT2D eigenvalue weighted by Gasteiger charge is -2.17. The topological polar surface area (TPSA) is 29.5 Å². The van der Waals surface area contributed by atoms with Gasteiger partial charge in [0, 0.05) is 36.0 Å². The van der Waals surface area contributed by atoms with Gasteiger partial charge in [0.15, 0.2) is 6.29 Å². The number of carbonyl (C=O) groups excluding carboxylic acids is 1. The highest BCUT2D eigenvalue weighted by Crippen LogP contribution is 2.34. The Kier molecular flexibility index (Phi) is 2.25. The number of nitrogens with zero attached hydrogens (tertiary/aromatic N) is 1. The third-order valence-electron chi connectivity index (χ3n) is 3.33. The lowest BCUT2D eigenvalue weighted by Crippen LogP contribution is -2.21. The smallest absolute Gasteiger partial charge is 0.160 e. The molecule has 3 heterocycles. The lowest BCUT2D eigenvalue weighted by atomic mass is 10.0. The van der Waals surface area contributed by atoms with Gasteiger partial charge in [-0.05, 0) is 6.07 Å². The van der Waals surface area contributed by atoms with E-state index < -0.39 is 0 Å². The number of anilines is 1. The maximum absolute atomic E-state index is 10.6. The number of aldehydes is 1. The molecule has 0 radical (unpaired) electrons. The second-order valence-electron chi connectivity index (χ2n) is 4.29. The highest BCUT2D eigenvalue weighted by molar-refractivity contribution is 7.12. The quantitative estimate of drug-likeness (QED) is 0.714. The summed E-state index contributed by atoms with van der Waals surface area (Å²) in [5.41, 5.74) is 1.21. The van der Waals surface area contributed by atoms with Gasteiger partial charge in [-0.15, -0.1) is 11.3 Å². The minimum atomic E-state index is 0.699. The fourth-order valence-electron chi connectivity index (χ4n) is 2.47. The van der Waals surface area contributed by atoms with Crippen LogP contribution in [0.1, 0.15) is 9.67 Å². The van der Waals surface area contributed by atoms with Gasteiger partial charge in [-0.1, -0.05) is 0 Å². The van der Waals surface area contributed by atoms with Gasteiger partial charge >= 0.3 is 0 Å². The van der Waals surface area contributed by atoms with E-state index in [1.165, 1.54) is 17.0 Å². The number of ether oxygens (including phenoxy) is 1. The van der Waals surface area contributed by atoms with Crippen LogP contribution in [0.5, 0.6) is 0 Å². The molecule has 3 rings (SSSR count). The zero-order valence-electron chi connectivity index (χ0n) is 8.39. The molecular weight excluding hydrogens is 210 g/mol. The van der Waals surface area contributed by atoms with Gasteiger partial charge < -0.3 is 9.64 Å². The monoisotopic (exact) mass is 223 g/mol. The number of thiophene rings is 1. The van der Waals surface area contributed by atoms with Crippen LogP contribution >= 0.6 is 11.3 Å². The lowest BCUT2D eigenvalue weighted by molar-refractivity contribution is 0.112. The van der Waals surface area contributed by atoms with Crippen molar-refractivity contribution in [2.45, 2.75) is 0 Å². The van der Waals surface area contributed by atoms with Gasteiger partial charge in [-0.2, -0.15) is 0 Å². The SMILES string of the molecule is O=Cc1cc(N2C[C@H]3COC[C@H]3C2)cs1. The molecule has 0 N–H and O–H groups in total. The van der Waals surface area contributed by atoms with Gasteiger partial charge in [0.05, 0.1) is 18.1 Å². The second kappa shape index (κ2) is 3.61. The molecule has 1 aromatic heterocycles. The Bertz CT molecular complexity index is 364. The van der Waals surface area contributed by atoms with Crippen molar-refractivity contribution in [1.29, 1.82) is 0 Å². The highest BCUT2D eigenvalue weighted by Gasteiger charge is 2.37. The van der Waals surface area contributed by atoms with E-state index in [-0.39, 0.29) is 0 Å². The van der Waals surface area contributed by atoms with E-state index >= 15 is 0 Å². The molecular formula is C11H13NO2S. The van der Waals surface area contributed by atoms with Gasteiger partial charge in [0.2, 0.25) is 0 Å². The maximum atomic E-state index is 10.6. The van der Waals surface area contributed by atoms with E-state index in [0.717, 1.165) is 37.5 Å². The first-order valence-corrected chi connectivity index (χ1v) is 6.11. The number of carbonyl (C=O) groups is 1. The number of rotatable bonds is 2. The molecule has 0 aliphatic carbocycles. The summed E-state index contributed by atoms with van der Waals surface area (Å²) in [6, 6.07) is 1.99. The van der Waals surface area contributed by atoms with Gasteiger partial charge in [0.1, 0.15) is 0 Å². The van der Waals surface area contributed by atoms with E-state index in [4.69, 9.17) is 4.74 Å². The summed E-state index contributed by atoms with van der Waals surface area (Å²) < 4.78 is 5.44. The Balaban J connectivity index is 1.76. The van der Waals surface area contributed by atoms with Crippen LogP contribution in [0.3, 0.4) is 0 Å². The first kappa shape index (κ1) is 9.36. The average Bonchev–Trinajstić information content (AvgIpc) is 2.91. The van der Waals surface area contributed by atoms with Crippen molar-refractivity contribution in [3.05, 3.63) is 16.3 Å². The van der Waals surface area contributed by atoms with Crippen molar-refractivity contribution in [2.24, 2.45) is 11.8 Å². The van der Waals surface area contributed by atoms with Crippen LogP contribution in [0.25, 0.3) is 0 Å². The molecule has 0 amide bonds. The molecule has 0 spiro atoms. The summed E-state index contributed by atoms with van der Waals surface area (Å²) >= 11 is 1.52. The van der Waals surface area contributed by atoms with Crippen molar-refractivity contribution >= 4 is 23.3 Å². The van der Waals surface area contributed by atoms with Crippen LogP contribution < -0.4 is 4.90 Å². The molecule has 1 aromatic rings. The van der Waals surface area contributed by atoms with Crippen molar-refractivity contribution in [1.82, 2.24) is 0 Å². The van der Waals surface area contributed by atoms with Crippen LogP contribution in [0.2, 0.25) is 0 Å². The van der Waals surface area contributed by atoms with Gasteiger partial charge in [-0.25, -0.2) is 0 Å². The van der Waals surface area contributed by atoms with Gasteiger partial charge in [-0.3, -0.25) is 4.79 Å². The summed E-state index contributed by atoms with van der Waals surface area (Å²) in [7, 11) is 0. The second-order valence-corrected chi connectivity index (χ2v) is 5.23. The molecule has 15 heavy (non-hydrogen) atoms. The van der Waals surface area contributed by atoms with Crippen molar-refractivity contribution in [2.75, 3.05) is 31.2 Å². The number of hydrogen-bond acceptors (Lipinski definition) is 4. The van der Waals surface area contributed by atoms with Crippen LogP contribution in [0, 0.1) is 11.8 Å². The Morgan fingerprint density at radius 3 is 2.73 bits per heavy atom. The third-order valence-corrected chi connectivity index (χ3v) is 4.17. The highest BCUT2D eigenvalue weighted by atomic mass is 32.1. The van der Waals surface area contributed by atoms with Crippen LogP contribution in [0.15, 0.2) is 11.4 Å². The minimum absolute atomic E-state index is 0.699. The van der Waals surface area contributed by atoms with Gasteiger partial charge in [0.25, 0.3) is 0 Å². The summed E-state index contributed by atoms with van der Waals surface area (Å²) in [4.78, 5) is 13.8. The van der Waals surface area contributed by atoms with Crippen molar-refractivity contribution in [3.63, 3.8) is 0 Å². The molecule has 4 heteroatoms. The molecule has 2 saturated heterocycles. The predicted octanol–water partition coefficient (Wildman–Crippen LogP) is 1.64. The largest absolute Gasteiger partial charge is 0.381 e. The fourth-order valence-corrected chi connectivity index (χ4v) is 3.19. The Morgan fingerprint density at radius 1 is 1.40 bits per heavy atom. The maximum Gasteiger partial charge on any atom is 0.160 e. The first-order chi connectivity index (χ1) is 7.36. The molecule has 80 valence electrons. The van der Waals surface area contributed by atoms with E-state index in [0.29, 0.717) is 11.8 Å². The summed E-state index contributed by atoms with van der Waals surface area (Å²) in [5, 5.41) is 2.08. The number of fused-ring (bicyclic) bond motifs is 1. The zero-order valence-corrected chi connectivity index (χ0v) is 9.20. The average molecular weight is 223 g/mol. The fraction of sp³-hybridized carbons (Fsp3) is 0.545. The Morgan fingerprint density at radius 2 is 2.13 bits per heavy atom. The van der Waals surface area contributed by atoms with Crippen LogP contribution in [-0.4, -0.2) is 32.6 Å².